The number of carbonyl (C=O) groups is 1. The van der Waals surface area contributed by atoms with Crippen LogP contribution in [0.4, 0.5) is 5.69 Å². The Hall–Kier alpha value is -3.78. The summed E-state index contributed by atoms with van der Waals surface area (Å²) in [6.07, 6.45) is 1.60. The Balaban J connectivity index is 1.49. The minimum absolute atomic E-state index is 0.0973. The molecular formula is C36H38N2O4S. The number of aliphatic carboxylic acids is 1. The third kappa shape index (κ3) is 5.77. The normalized spacial score (nSPS) is 15.6. The van der Waals surface area contributed by atoms with Gasteiger partial charge in [-0.25, -0.2) is 4.21 Å². The SMILES string of the molecule is Cc1ccc(-c2c(C)c3c(c(C)c2CC(=O)O)N(S(C)=O)Cc2cc(-c4cccc(CN5CCOCC5)c4)ccc2-3)cc1. The fourth-order valence-corrected chi connectivity index (χ4v) is 7.45. The van der Waals surface area contributed by atoms with Crippen molar-refractivity contribution in [3.63, 3.8) is 0 Å². The Morgan fingerprint density at radius 1 is 0.884 bits per heavy atom. The summed E-state index contributed by atoms with van der Waals surface area (Å²) in [5.41, 5.74) is 13.5. The monoisotopic (exact) mass is 594 g/mol. The number of benzene rings is 4. The number of fused-ring (bicyclic) bond motifs is 3. The van der Waals surface area contributed by atoms with Crippen LogP contribution >= 0.6 is 0 Å². The van der Waals surface area contributed by atoms with Crippen LogP contribution in [0.3, 0.4) is 0 Å². The molecule has 0 amide bonds. The second-order valence-electron chi connectivity index (χ2n) is 11.7. The summed E-state index contributed by atoms with van der Waals surface area (Å²) in [5.74, 6) is -0.878. The molecule has 2 aliphatic heterocycles. The number of aryl methyl sites for hydroxylation is 1. The molecule has 0 spiro atoms. The number of rotatable bonds is 7. The number of carboxylic acids is 1. The zero-order valence-corrected chi connectivity index (χ0v) is 26.1. The van der Waals surface area contributed by atoms with Gasteiger partial charge in [-0.05, 0) is 88.5 Å². The van der Waals surface area contributed by atoms with E-state index >= 15 is 0 Å². The van der Waals surface area contributed by atoms with Crippen LogP contribution in [-0.2, 0) is 40.0 Å². The van der Waals surface area contributed by atoms with Crippen molar-refractivity contribution in [1.82, 2.24) is 4.90 Å². The number of anilines is 1. The molecule has 1 N–H and O–H groups in total. The highest BCUT2D eigenvalue weighted by Crippen LogP contribution is 2.49. The van der Waals surface area contributed by atoms with E-state index in [2.05, 4.69) is 78.6 Å². The topological polar surface area (TPSA) is 70.1 Å². The lowest BCUT2D eigenvalue weighted by Crippen LogP contribution is -2.35. The molecule has 1 saturated heterocycles. The Labute approximate surface area is 256 Å². The van der Waals surface area contributed by atoms with Crippen LogP contribution in [-0.4, -0.2) is 52.7 Å². The molecule has 1 fully saturated rings. The van der Waals surface area contributed by atoms with Gasteiger partial charge in [-0.2, -0.15) is 0 Å². The molecule has 4 aromatic carbocycles. The van der Waals surface area contributed by atoms with Gasteiger partial charge < -0.3 is 9.84 Å². The van der Waals surface area contributed by atoms with E-state index in [1.165, 1.54) is 5.56 Å². The molecule has 2 aliphatic rings. The fourth-order valence-electron chi connectivity index (χ4n) is 6.64. The predicted octanol–water partition coefficient (Wildman–Crippen LogP) is 6.69. The molecule has 0 aliphatic carbocycles. The van der Waals surface area contributed by atoms with E-state index in [0.717, 1.165) is 99.7 Å². The molecule has 0 bridgehead atoms. The van der Waals surface area contributed by atoms with E-state index in [1.807, 2.05) is 18.2 Å². The maximum absolute atomic E-state index is 13.3. The van der Waals surface area contributed by atoms with Crippen LogP contribution in [0.25, 0.3) is 33.4 Å². The highest BCUT2D eigenvalue weighted by molar-refractivity contribution is 7.85. The average Bonchev–Trinajstić information content (AvgIpc) is 3.00. The summed E-state index contributed by atoms with van der Waals surface area (Å²) >= 11 is 0. The highest BCUT2D eigenvalue weighted by Gasteiger charge is 2.32. The molecule has 0 radical (unpaired) electrons. The fraction of sp³-hybridized carbons (Fsp3) is 0.306. The van der Waals surface area contributed by atoms with E-state index < -0.39 is 17.0 Å². The van der Waals surface area contributed by atoms with Crippen molar-refractivity contribution in [2.45, 2.75) is 40.3 Å². The van der Waals surface area contributed by atoms with Crippen LogP contribution in [0.2, 0.25) is 0 Å². The van der Waals surface area contributed by atoms with Gasteiger partial charge in [-0.1, -0.05) is 60.2 Å². The lowest BCUT2D eigenvalue weighted by atomic mass is 9.80. The number of morpholine rings is 1. The van der Waals surface area contributed by atoms with Gasteiger partial charge in [0.1, 0.15) is 11.0 Å². The number of carboxylic acid groups (broad SMARTS) is 1. The van der Waals surface area contributed by atoms with Crippen molar-refractivity contribution in [1.29, 1.82) is 0 Å². The van der Waals surface area contributed by atoms with Crippen molar-refractivity contribution in [3.05, 3.63) is 100 Å². The number of ether oxygens (including phenoxy) is 1. The molecule has 6 nitrogen and oxygen atoms in total. The molecule has 2 heterocycles. The van der Waals surface area contributed by atoms with E-state index in [-0.39, 0.29) is 6.42 Å². The summed E-state index contributed by atoms with van der Waals surface area (Å²) in [5, 5.41) is 9.90. The molecule has 0 aromatic heterocycles. The minimum Gasteiger partial charge on any atom is -0.481 e. The van der Waals surface area contributed by atoms with Crippen molar-refractivity contribution in [2.75, 3.05) is 36.9 Å². The number of hydrogen-bond acceptors (Lipinski definition) is 4. The van der Waals surface area contributed by atoms with Gasteiger partial charge in [0.25, 0.3) is 0 Å². The number of hydrogen-bond donors (Lipinski definition) is 1. The van der Waals surface area contributed by atoms with Gasteiger partial charge in [0.05, 0.1) is 31.9 Å². The molecule has 0 saturated carbocycles. The van der Waals surface area contributed by atoms with Crippen LogP contribution < -0.4 is 4.31 Å². The quantitative estimate of drug-likeness (QED) is 0.258. The van der Waals surface area contributed by atoms with Crippen molar-refractivity contribution < 1.29 is 18.8 Å². The molecule has 6 rings (SSSR count). The van der Waals surface area contributed by atoms with Gasteiger partial charge in [-0.15, -0.1) is 0 Å². The molecule has 1 atom stereocenters. The second-order valence-corrected chi connectivity index (χ2v) is 13.0. The first-order chi connectivity index (χ1) is 20.7. The Bertz CT molecular complexity index is 1720. The standard InChI is InChI=1S/C36H38N2O4S/c1-23-8-10-27(11-9-23)34-25(3)35-31-13-12-29(28-7-5-6-26(18-28)21-37-14-16-42-17-15-37)19-30(31)22-38(43(4)41)36(35)24(2)32(34)20-33(39)40/h5-13,18-19H,14-17,20-22H2,1-4H3,(H,39,40). The lowest BCUT2D eigenvalue weighted by Gasteiger charge is -2.35. The summed E-state index contributed by atoms with van der Waals surface area (Å²) in [6.45, 7) is 11.0. The summed E-state index contributed by atoms with van der Waals surface area (Å²) in [7, 11) is -1.30. The van der Waals surface area contributed by atoms with Gasteiger partial charge in [0.2, 0.25) is 0 Å². The van der Waals surface area contributed by atoms with Crippen molar-refractivity contribution in [3.8, 4) is 33.4 Å². The first-order valence-corrected chi connectivity index (χ1v) is 16.3. The van der Waals surface area contributed by atoms with E-state index in [1.54, 1.807) is 6.26 Å². The van der Waals surface area contributed by atoms with Crippen LogP contribution in [0.15, 0.2) is 66.7 Å². The summed E-state index contributed by atoms with van der Waals surface area (Å²) in [4.78, 5) is 14.5. The summed E-state index contributed by atoms with van der Waals surface area (Å²) in [6, 6.07) is 23.6. The molecule has 4 aromatic rings. The minimum atomic E-state index is -1.30. The zero-order chi connectivity index (χ0) is 30.2. The maximum atomic E-state index is 13.3. The van der Waals surface area contributed by atoms with Gasteiger partial charge >= 0.3 is 5.97 Å². The average molecular weight is 595 g/mol. The lowest BCUT2D eigenvalue weighted by molar-refractivity contribution is -0.136. The van der Waals surface area contributed by atoms with E-state index in [0.29, 0.717) is 6.54 Å². The largest absolute Gasteiger partial charge is 0.481 e. The van der Waals surface area contributed by atoms with E-state index in [9.17, 15) is 14.1 Å². The van der Waals surface area contributed by atoms with Crippen molar-refractivity contribution in [2.24, 2.45) is 0 Å². The molecule has 43 heavy (non-hydrogen) atoms. The molecule has 222 valence electrons. The van der Waals surface area contributed by atoms with Crippen LogP contribution in [0, 0.1) is 20.8 Å². The maximum Gasteiger partial charge on any atom is 0.307 e. The Morgan fingerprint density at radius 3 is 2.28 bits per heavy atom. The van der Waals surface area contributed by atoms with Gasteiger partial charge in [0.15, 0.2) is 0 Å². The summed E-state index contributed by atoms with van der Waals surface area (Å²) < 4.78 is 20.7. The smallest absolute Gasteiger partial charge is 0.307 e. The third-order valence-electron chi connectivity index (χ3n) is 8.78. The van der Waals surface area contributed by atoms with Crippen molar-refractivity contribution >= 4 is 22.6 Å². The number of nitrogens with zero attached hydrogens (tertiary/aromatic N) is 2. The Kier molecular flexibility index (Phi) is 8.23. The zero-order valence-electron chi connectivity index (χ0n) is 25.3. The van der Waals surface area contributed by atoms with Gasteiger partial charge in [-0.3, -0.25) is 14.0 Å². The third-order valence-corrected chi connectivity index (χ3v) is 9.72. The van der Waals surface area contributed by atoms with Crippen LogP contribution in [0.5, 0.6) is 0 Å². The molecule has 7 heteroatoms. The first-order valence-electron chi connectivity index (χ1n) is 14.8. The molecular weight excluding hydrogens is 556 g/mol. The second kappa shape index (κ2) is 12.1. The predicted molar refractivity (Wildman–Crippen MR) is 175 cm³/mol. The molecule has 1 unspecified atom stereocenters. The van der Waals surface area contributed by atoms with E-state index in [4.69, 9.17) is 4.74 Å². The van der Waals surface area contributed by atoms with Crippen LogP contribution in [0.1, 0.15) is 33.4 Å². The Morgan fingerprint density at radius 2 is 1.58 bits per heavy atom. The van der Waals surface area contributed by atoms with Gasteiger partial charge in [0, 0.05) is 31.5 Å². The highest BCUT2D eigenvalue weighted by atomic mass is 32.2. The first kappa shape index (κ1) is 29.3.